The lowest BCUT2D eigenvalue weighted by molar-refractivity contribution is 0.452. The molecular weight excluding hydrogens is 452 g/mol. The van der Waals surface area contributed by atoms with Crippen LogP contribution in [0.3, 0.4) is 0 Å². The predicted molar refractivity (Wildman–Crippen MR) is 132 cm³/mol. The highest BCUT2D eigenvalue weighted by atomic mass is 32.2. The van der Waals surface area contributed by atoms with E-state index in [2.05, 4.69) is 9.93 Å². The summed E-state index contributed by atoms with van der Waals surface area (Å²) in [5, 5.41) is 15.5. The molecule has 1 heterocycles. The second kappa shape index (κ2) is 9.52. The van der Waals surface area contributed by atoms with Crippen molar-refractivity contribution in [2.45, 2.75) is 31.1 Å². The van der Waals surface area contributed by atoms with Crippen molar-refractivity contribution in [3.05, 3.63) is 106 Å². The van der Waals surface area contributed by atoms with E-state index in [1.54, 1.807) is 43.3 Å². The first-order valence-electron chi connectivity index (χ1n) is 10.7. The van der Waals surface area contributed by atoms with Gasteiger partial charge in [-0.3, -0.25) is 0 Å². The maximum atomic E-state index is 12.9. The summed E-state index contributed by atoms with van der Waals surface area (Å²) in [6.45, 7) is 3.53. The summed E-state index contributed by atoms with van der Waals surface area (Å²) < 4.78 is 30.7. The topological polar surface area (TPSA) is 109 Å². The van der Waals surface area contributed by atoms with Crippen molar-refractivity contribution >= 4 is 26.7 Å². The van der Waals surface area contributed by atoms with E-state index in [0.717, 1.165) is 11.1 Å². The van der Waals surface area contributed by atoms with Gasteiger partial charge in [-0.2, -0.15) is 13.5 Å². The van der Waals surface area contributed by atoms with Gasteiger partial charge in [0.1, 0.15) is 11.3 Å². The minimum absolute atomic E-state index is 0.0980. The zero-order valence-corrected chi connectivity index (χ0v) is 19.5. The van der Waals surface area contributed by atoms with Crippen LogP contribution in [-0.4, -0.2) is 19.2 Å². The molecule has 7 nitrogen and oxygen atoms in total. The van der Waals surface area contributed by atoms with Crippen LogP contribution in [0.25, 0.3) is 11.0 Å². The number of sulfonamides is 1. The number of hydrogen-bond donors (Lipinski definition) is 2. The van der Waals surface area contributed by atoms with Crippen LogP contribution in [0, 0.1) is 6.92 Å². The van der Waals surface area contributed by atoms with E-state index in [9.17, 15) is 18.3 Å². The number of nitrogens with zero attached hydrogens (tertiary/aromatic N) is 1. The van der Waals surface area contributed by atoms with Gasteiger partial charge < -0.3 is 9.52 Å². The number of nitrogens with one attached hydrogen (secondary N) is 1. The van der Waals surface area contributed by atoms with E-state index in [0.29, 0.717) is 11.1 Å². The Hall–Kier alpha value is -3.91. The second-order valence-corrected chi connectivity index (χ2v) is 9.73. The summed E-state index contributed by atoms with van der Waals surface area (Å²) in [5.74, 6) is -0.761. The Morgan fingerprint density at radius 1 is 1.00 bits per heavy atom. The van der Waals surface area contributed by atoms with Crippen LogP contribution in [0.5, 0.6) is 5.75 Å². The molecule has 0 aliphatic rings. The van der Waals surface area contributed by atoms with Crippen molar-refractivity contribution < 1.29 is 17.9 Å². The van der Waals surface area contributed by atoms with E-state index < -0.39 is 21.6 Å². The molecule has 1 atom stereocenters. The van der Waals surface area contributed by atoms with Crippen LogP contribution >= 0.6 is 0 Å². The van der Waals surface area contributed by atoms with Gasteiger partial charge in [0.2, 0.25) is 0 Å². The van der Waals surface area contributed by atoms with Gasteiger partial charge in [-0.15, -0.1) is 0 Å². The molecule has 4 aromatic rings. The van der Waals surface area contributed by atoms with Gasteiger partial charge in [0.05, 0.1) is 15.8 Å². The van der Waals surface area contributed by atoms with Gasteiger partial charge in [0, 0.05) is 11.6 Å². The molecule has 3 aromatic carbocycles. The highest BCUT2D eigenvalue weighted by Gasteiger charge is 2.25. The Labute approximate surface area is 197 Å². The molecule has 0 bridgehead atoms. The van der Waals surface area contributed by atoms with Crippen LogP contribution in [0.4, 0.5) is 0 Å². The van der Waals surface area contributed by atoms with Gasteiger partial charge in [0.25, 0.3) is 10.0 Å². The third-order valence-corrected chi connectivity index (χ3v) is 6.78. The second-order valence-electron chi connectivity index (χ2n) is 8.07. The van der Waals surface area contributed by atoms with Crippen LogP contribution < -0.4 is 10.5 Å². The first-order chi connectivity index (χ1) is 16.3. The van der Waals surface area contributed by atoms with E-state index in [4.69, 9.17) is 4.42 Å². The number of aromatic hydroxyl groups is 1. The molecule has 34 heavy (non-hydrogen) atoms. The third-order valence-electron chi connectivity index (χ3n) is 5.56. The third kappa shape index (κ3) is 4.87. The maximum Gasteiger partial charge on any atom is 0.343 e. The molecule has 0 aliphatic heterocycles. The van der Waals surface area contributed by atoms with Crippen molar-refractivity contribution in [1.82, 2.24) is 4.83 Å². The summed E-state index contributed by atoms with van der Waals surface area (Å²) in [4.78, 5) is 15.3. The Morgan fingerprint density at radius 3 is 2.35 bits per heavy atom. The van der Waals surface area contributed by atoms with Gasteiger partial charge >= 0.3 is 5.63 Å². The quantitative estimate of drug-likeness (QED) is 0.229. The zero-order chi connectivity index (χ0) is 24.3. The van der Waals surface area contributed by atoms with Crippen LogP contribution in [0.2, 0.25) is 0 Å². The molecule has 0 radical (unpaired) electrons. The molecule has 0 saturated carbocycles. The average molecular weight is 477 g/mol. The molecular formula is C26H24N2O5S. The average Bonchev–Trinajstić information content (AvgIpc) is 2.83. The number of hydrazone groups is 1. The summed E-state index contributed by atoms with van der Waals surface area (Å²) in [6, 6.07) is 22.4. The lowest BCUT2D eigenvalue weighted by Gasteiger charge is -2.18. The Bertz CT molecular complexity index is 1510. The van der Waals surface area contributed by atoms with Crippen molar-refractivity contribution in [2.24, 2.45) is 5.10 Å². The van der Waals surface area contributed by atoms with E-state index in [-0.39, 0.29) is 28.2 Å². The highest BCUT2D eigenvalue weighted by Crippen LogP contribution is 2.36. The number of hydrogen-bond acceptors (Lipinski definition) is 6. The predicted octanol–water partition coefficient (Wildman–Crippen LogP) is 4.68. The fourth-order valence-corrected chi connectivity index (χ4v) is 4.65. The lowest BCUT2D eigenvalue weighted by Crippen LogP contribution is -2.21. The maximum absolute atomic E-state index is 12.9. The van der Waals surface area contributed by atoms with Gasteiger partial charge in [0.15, 0.2) is 0 Å². The number of rotatable bonds is 7. The molecule has 0 saturated heterocycles. The van der Waals surface area contributed by atoms with Crippen LogP contribution in [0.15, 0.2) is 98.1 Å². The van der Waals surface area contributed by atoms with E-state index in [1.807, 2.05) is 37.3 Å². The smallest absolute Gasteiger partial charge is 0.343 e. The standard InChI is InChI=1S/C26H24N2O5S/c1-17-12-14-20(15-13-17)34(31,32)28-27-18(2)16-22(19-8-4-3-5-9-19)24-25(29)21-10-6-7-11-23(21)33-26(24)30/h3-15,22,28-29H,16H2,1-2H3/b27-18-. The molecule has 2 N–H and O–H groups in total. The molecule has 8 heteroatoms. The van der Waals surface area contributed by atoms with Crippen molar-refractivity contribution in [1.29, 1.82) is 0 Å². The fraction of sp³-hybridized carbons (Fsp3) is 0.154. The van der Waals surface area contributed by atoms with E-state index >= 15 is 0 Å². The number of fused-ring (bicyclic) bond motifs is 1. The lowest BCUT2D eigenvalue weighted by atomic mass is 9.87. The van der Waals surface area contributed by atoms with Crippen LogP contribution in [-0.2, 0) is 10.0 Å². The fourth-order valence-electron chi connectivity index (χ4n) is 3.78. The molecule has 1 aromatic heterocycles. The molecule has 0 aliphatic carbocycles. The molecule has 0 spiro atoms. The summed E-state index contributed by atoms with van der Waals surface area (Å²) >= 11 is 0. The Balaban J connectivity index is 1.70. The SMILES string of the molecule is C/C(CC(c1ccccc1)c1c(O)c2ccccc2oc1=O)=N/NS(=O)(=O)c1ccc(C)cc1. The largest absolute Gasteiger partial charge is 0.507 e. The van der Waals surface area contributed by atoms with Gasteiger partial charge in [-0.1, -0.05) is 60.2 Å². The Morgan fingerprint density at radius 2 is 1.65 bits per heavy atom. The summed E-state index contributed by atoms with van der Waals surface area (Å²) in [5.41, 5.74) is 1.86. The zero-order valence-electron chi connectivity index (χ0n) is 18.7. The molecule has 0 amide bonds. The first-order valence-corrected chi connectivity index (χ1v) is 12.2. The van der Waals surface area contributed by atoms with Gasteiger partial charge in [-0.05, 0) is 50.1 Å². The first kappa shape index (κ1) is 23.3. The van der Waals surface area contributed by atoms with Crippen molar-refractivity contribution in [3.8, 4) is 5.75 Å². The molecule has 0 fully saturated rings. The summed E-state index contributed by atoms with van der Waals surface area (Å²) in [6.07, 6.45) is 0.178. The van der Waals surface area contributed by atoms with Gasteiger partial charge in [-0.25, -0.2) is 9.63 Å². The minimum atomic E-state index is -3.85. The minimum Gasteiger partial charge on any atom is -0.507 e. The highest BCUT2D eigenvalue weighted by molar-refractivity contribution is 7.89. The number of para-hydroxylation sites is 1. The van der Waals surface area contributed by atoms with Crippen molar-refractivity contribution in [2.75, 3.05) is 0 Å². The van der Waals surface area contributed by atoms with Crippen molar-refractivity contribution in [3.63, 3.8) is 0 Å². The van der Waals surface area contributed by atoms with E-state index in [1.165, 1.54) is 12.1 Å². The van der Waals surface area contributed by atoms with Crippen LogP contribution in [0.1, 0.15) is 36.0 Å². The molecule has 1 unspecified atom stereocenters. The number of benzene rings is 3. The normalized spacial score (nSPS) is 13.1. The molecule has 174 valence electrons. The number of aryl methyl sites for hydroxylation is 1. The Kier molecular flexibility index (Phi) is 6.51. The molecule has 4 rings (SSSR count). The summed E-state index contributed by atoms with van der Waals surface area (Å²) in [7, 11) is -3.85. The monoisotopic (exact) mass is 476 g/mol.